The van der Waals surface area contributed by atoms with Crippen LogP contribution in [0.1, 0.15) is 18.6 Å². The van der Waals surface area contributed by atoms with E-state index in [0.717, 1.165) is 0 Å². The third kappa shape index (κ3) is 2.83. The Balaban J connectivity index is 2.39. The van der Waals surface area contributed by atoms with Crippen molar-refractivity contribution in [2.75, 3.05) is 0 Å². The lowest BCUT2D eigenvalue weighted by molar-refractivity contribution is -0.119. The van der Waals surface area contributed by atoms with Crippen LogP contribution < -0.4 is 11.1 Å². The Morgan fingerprint density at radius 3 is 2.92 bits per heavy atom. The zero-order chi connectivity index (χ0) is 9.84. The first-order chi connectivity index (χ1) is 6.09. The van der Waals surface area contributed by atoms with Gasteiger partial charge < -0.3 is 10.3 Å². The molecule has 0 aliphatic heterocycles. The summed E-state index contributed by atoms with van der Waals surface area (Å²) in [4.78, 5) is 14.6. The molecule has 72 valence electrons. The van der Waals surface area contributed by atoms with E-state index >= 15 is 0 Å². The zero-order valence-corrected chi connectivity index (χ0v) is 7.57. The fourth-order valence-corrected chi connectivity index (χ4v) is 0.758. The Bertz CT molecular complexity index is 296. The number of carbonyl (C=O) groups is 1. The van der Waals surface area contributed by atoms with E-state index in [4.69, 9.17) is 10.3 Å². The van der Waals surface area contributed by atoms with Crippen molar-refractivity contribution >= 4 is 5.91 Å². The lowest BCUT2D eigenvalue weighted by atomic mass is 10.3. The highest BCUT2D eigenvalue weighted by Gasteiger charge is 2.09. The summed E-state index contributed by atoms with van der Waals surface area (Å²) in [7, 11) is 0. The first kappa shape index (κ1) is 9.66. The Morgan fingerprint density at radius 2 is 2.46 bits per heavy atom. The van der Waals surface area contributed by atoms with Gasteiger partial charge in [-0.3, -0.25) is 10.1 Å². The molecule has 0 saturated carbocycles. The van der Waals surface area contributed by atoms with Crippen molar-refractivity contribution in [3.63, 3.8) is 0 Å². The van der Waals surface area contributed by atoms with E-state index < -0.39 is 5.91 Å². The van der Waals surface area contributed by atoms with E-state index in [-0.39, 0.29) is 6.04 Å². The molecule has 1 rings (SSSR count). The summed E-state index contributed by atoms with van der Waals surface area (Å²) < 4.78 is 4.74. The van der Waals surface area contributed by atoms with Crippen molar-refractivity contribution in [2.45, 2.75) is 26.4 Å². The third-order valence-electron chi connectivity index (χ3n) is 1.56. The van der Waals surface area contributed by atoms with Gasteiger partial charge in [0.15, 0.2) is 5.82 Å². The van der Waals surface area contributed by atoms with Crippen LogP contribution in [0.25, 0.3) is 0 Å². The predicted molar refractivity (Wildman–Crippen MR) is 44.5 cm³/mol. The minimum Gasteiger partial charge on any atom is -0.368 e. The highest BCUT2D eigenvalue weighted by Crippen LogP contribution is 1.94. The molecule has 0 fully saturated rings. The smallest absolute Gasteiger partial charge is 0.234 e. The van der Waals surface area contributed by atoms with Crippen molar-refractivity contribution in [1.29, 1.82) is 0 Å². The van der Waals surface area contributed by atoms with Crippen LogP contribution in [0.4, 0.5) is 0 Å². The van der Waals surface area contributed by atoms with E-state index in [1.54, 1.807) is 13.8 Å². The average Bonchev–Trinajstić information content (AvgIpc) is 2.47. The SMILES string of the molecule is Cc1nc(CNC(C)C(N)=O)no1. The van der Waals surface area contributed by atoms with Crippen LogP contribution in [0, 0.1) is 6.92 Å². The Labute approximate surface area is 75.5 Å². The van der Waals surface area contributed by atoms with Gasteiger partial charge in [-0.2, -0.15) is 4.98 Å². The molecule has 1 amide bonds. The topological polar surface area (TPSA) is 94.0 Å². The van der Waals surface area contributed by atoms with Crippen molar-refractivity contribution in [3.8, 4) is 0 Å². The van der Waals surface area contributed by atoms with E-state index in [9.17, 15) is 4.79 Å². The van der Waals surface area contributed by atoms with Gasteiger partial charge in [-0.05, 0) is 6.92 Å². The number of nitrogens with zero attached hydrogens (tertiary/aromatic N) is 2. The maximum Gasteiger partial charge on any atom is 0.234 e. The number of aryl methyl sites for hydroxylation is 1. The number of nitrogens with one attached hydrogen (secondary N) is 1. The standard InChI is InChI=1S/C7H12N4O2/c1-4(7(8)12)9-3-6-10-5(2)13-11-6/h4,9H,3H2,1-2H3,(H2,8,12). The fourth-order valence-electron chi connectivity index (χ4n) is 0.758. The minimum atomic E-state index is -0.403. The van der Waals surface area contributed by atoms with Gasteiger partial charge in [0.25, 0.3) is 0 Å². The summed E-state index contributed by atoms with van der Waals surface area (Å²) in [6.45, 7) is 3.75. The van der Waals surface area contributed by atoms with Crippen LogP contribution in [0.5, 0.6) is 0 Å². The maximum atomic E-state index is 10.6. The predicted octanol–water partition coefficient (Wildman–Crippen LogP) is -0.659. The molecule has 1 unspecified atom stereocenters. The van der Waals surface area contributed by atoms with Crippen LogP contribution in [0.15, 0.2) is 4.52 Å². The van der Waals surface area contributed by atoms with Crippen molar-refractivity contribution in [1.82, 2.24) is 15.5 Å². The van der Waals surface area contributed by atoms with Gasteiger partial charge in [-0.15, -0.1) is 0 Å². The first-order valence-electron chi connectivity index (χ1n) is 3.91. The summed E-state index contributed by atoms with van der Waals surface area (Å²) in [5, 5.41) is 6.50. The Morgan fingerprint density at radius 1 is 1.77 bits per heavy atom. The van der Waals surface area contributed by atoms with Gasteiger partial charge in [-0.1, -0.05) is 5.16 Å². The second-order valence-corrected chi connectivity index (χ2v) is 2.73. The van der Waals surface area contributed by atoms with Gasteiger partial charge >= 0.3 is 0 Å². The number of hydrogen-bond donors (Lipinski definition) is 2. The highest BCUT2D eigenvalue weighted by atomic mass is 16.5. The molecule has 6 heteroatoms. The lowest BCUT2D eigenvalue weighted by Gasteiger charge is -2.06. The molecular formula is C7H12N4O2. The molecule has 13 heavy (non-hydrogen) atoms. The molecule has 0 aromatic carbocycles. The van der Waals surface area contributed by atoms with Crippen molar-refractivity contribution in [2.24, 2.45) is 5.73 Å². The number of carbonyl (C=O) groups excluding carboxylic acids is 1. The molecule has 0 radical (unpaired) electrons. The molecular weight excluding hydrogens is 172 g/mol. The van der Waals surface area contributed by atoms with Crippen LogP contribution in [-0.4, -0.2) is 22.1 Å². The molecule has 6 nitrogen and oxygen atoms in total. The molecule has 1 atom stereocenters. The Hall–Kier alpha value is -1.43. The van der Waals surface area contributed by atoms with Gasteiger partial charge in [0, 0.05) is 6.92 Å². The zero-order valence-electron chi connectivity index (χ0n) is 7.57. The highest BCUT2D eigenvalue weighted by molar-refractivity contribution is 5.79. The monoisotopic (exact) mass is 184 g/mol. The van der Waals surface area contributed by atoms with E-state index in [1.807, 2.05) is 0 Å². The molecule has 0 aliphatic rings. The summed E-state index contributed by atoms with van der Waals surface area (Å²) in [6, 6.07) is -0.390. The summed E-state index contributed by atoms with van der Waals surface area (Å²) >= 11 is 0. The molecule has 3 N–H and O–H groups in total. The summed E-state index contributed by atoms with van der Waals surface area (Å²) in [5.41, 5.74) is 5.04. The largest absolute Gasteiger partial charge is 0.368 e. The van der Waals surface area contributed by atoms with Gasteiger partial charge in [0.05, 0.1) is 12.6 Å². The molecule has 0 aliphatic carbocycles. The lowest BCUT2D eigenvalue weighted by Crippen LogP contribution is -2.38. The minimum absolute atomic E-state index is 0.376. The van der Waals surface area contributed by atoms with Gasteiger partial charge in [-0.25, -0.2) is 0 Å². The van der Waals surface area contributed by atoms with E-state index in [2.05, 4.69) is 15.5 Å². The third-order valence-corrected chi connectivity index (χ3v) is 1.56. The number of primary amides is 1. The van der Waals surface area contributed by atoms with Crippen molar-refractivity contribution in [3.05, 3.63) is 11.7 Å². The number of rotatable bonds is 4. The van der Waals surface area contributed by atoms with Crippen LogP contribution >= 0.6 is 0 Å². The Kier molecular flexibility index (Phi) is 2.97. The molecule has 1 aromatic heterocycles. The van der Waals surface area contributed by atoms with Crippen LogP contribution in [-0.2, 0) is 11.3 Å². The average molecular weight is 184 g/mol. The molecule has 0 spiro atoms. The quantitative estimate of drug-likeness (QED) is 0.648. The molecule has 0 saturated heterocycles. The number of nitrogens with two attached hydrogens (primary N) is 1. The maximum absolute atomic E-state index is 10.6. The van der Waals surface area contributed by atoms with E-state index in [1.165, 1.54) is 0 Å². The van der Waals surface area contributed by atoms with Crippen LogP contribution in [0.3, 0.4) is 0 Å². The van der Waals surface area contributed by atoms with Crippen molar-refractivity contribution < 1.29 is 9.32 Å². The van der Waals surface area contributed by atoms with Gasteiger partial charge in [0.1, 0.15) is 0 Å². The molecule has 1 heterocycles. The first-order valence-corrected chi connectivity index (χ1v) is 3.91. The number of amides is 1. The summed E-state index contributed by atoms with van der Waals surface area (Å²) in [5.74, 6) is 0.620. The molecule has 0 bridgehead atoms. The van der Waals surface area contributed by atoms with Crippen LogP contribution in [0.2, 0.25) is 0 Å². The normalized spacial score (nSPS) is 12.8. The second kappa shape index (κ2) is 3.99. The molecule has 1 aromatic rings. The number of aromatic nitrogens is 2. The second-order valence-electron chi connectivity index (χ2n) is 2.73. The van der Waals surface area contributed by atoms with E-state index in [0.29, 0.717) is 18.3 Å². The fraction of sp³-hybridized carbons (Fsp3) is 0.571. The summed E-state index contributed by atoms with van der Waals surface area (Å²) in [6.07, 6.45) is 0. The number of hydrogen-bond acceptors (Lipinski definition) is 5. The van der Waals surface area contributed by atoms with Gasteiger partial charge in [0.2, 0.25) is 11.8 Å².